The van der Waals surface area contributed by atoms with E-state index in [0.29, 0.717) is 15.0 Å². The van der Waals surface area contributed by atoms with Crippen molar-refractivity contribution < 1.29 is 13.9 Å². The van der Waals surface area contributed by atoms with Gasteiger partial charge in [-0.15, -0.1) is 0 Å². The number of methoxy groups -OCH3 is 1. The van der Waals surface area contributed by atoms with Crippen LogP contribution in [-0.2, 0) is 4.79 Å². The molecule has 1 saturated heterocycles. The molecule has 2 heterocycles. The van der Waals surface area contributed by atoms with Gasteiger partial charge >= 0.3 is 0 Å². The predicted octanol–water partition coefficient (Wildman–Crippen LogP) is 3.52. The van der Waals surface area contributed by atoms with E-state index in [0.717, 1.165) is 11.3 Å². The summed E-state index contributed by atoms with van der Waals surface area (Å²) in [5.41, 5.74) is 0.890. The number of nitrogens with zero attached hydrogens (tertiary/aromatic N) is 2. The SMILES string of the molecule is COc1ccc(C=C2SC(=S)N(N=Cc3ccco3)C2=O)cc1. The van der Waals surface area contributed by atoms with Gasteiger partial charge < -0.3 is 9.15 Å². The van der Waals surface area contributed by atoms with E-state index in [9.17, 15) is 4.79 Å². The van der Waals surface area contributed by atoms with E-state index in [1.807, 2.05) is 24.3 Å². The lowest BCUT2D eigenvalue weighted by molar-refractivity contribution is -0.122. The molecule has 1 fully saturated rings. The maximum atomic E-state index is 12.4. The highest BCUT2D eigenvalue weighted by atomic mass is 32.2. The zero-order valence-corrected chi connectivity index (χ0v) is 13.8. The van der Waals surface area contributed by atoms with Crippen molar-refractivity contribution in [2.45, 2.75) is 0 Å². The highest BCUT2D eigenvalue weighted by Gasteiger charge is 2.32. The van der Waals surface area contributed by atoms with Crippen molar-refractivity contribution in [3.63, 3.8) is 0 Å². The molecule has 0 unspecified atom stereocenters. The third kappa shape index (κ3) is 3.52. The molecule has 3 rings (SSSR count). The van der Waals surface area contributed by atoms with E-state index in [1.165, 1.54) is 29.2 Å². The van der Waals surface area contributed by atoms with Gasteiger partial charge in [0.15, 0.2) is 4.32 Å². The van der Waals surface area contributed by atoms with Crippen LogP contribution in [0.2, 0.25) is 0 Å². The van der Waals surface area contributed by atoms with Crippen LogP contribution in [-0.4, -0.2) is 28.6 Å². The molecule has 0 N–H and O–H groups in total. The van der Waals surface area contributed by atoms with Crippen LogP contribution >= 0.6 is 24.0 Å². The molecule has 0 bridgehead atoms. The predicted molar refractivity (Wildman–Crippen MR) is 94.3 cm³/mol. The standard InChI is InChI=1S/C16H12N2O3S2/c1-20-12-6-4-11(5-7-12)9-14-15(19)18(16(22)23-14)17-10-13-3-2-8-21-13/h2-10H,1H3. The second-order valence-electron chi connectivity index (χ2n) is 4.53. The molecule has 0 aliphatic carbocycles. The summed E-state index contributed by atoms with van der Waals surface area (Å²) < 4.78 is 10.6. The van der Waals surface area contributed by atoms with Gasteiger partial charge in [-0.1, -0.05) is 23.9 Å². The van der Waals surface area contributed by atoms with Crippen molar-refractivity contribution in [2.24, 2.45) is 5.10 Å². The fraction of sp³-hybridized carbons (Fsp3) is 0.0625. The Morgan fingerprint density at radius 3 is 2.74 bits per heavy atom. The number of amides is 1. The van der Waals surface area contributed by atoms with Crippen molar-refractivity contribution in [3.05, 3.63) is 58.9 Å². The van der Waals surface area contributed by atoms with Gasteiger partial charge in [-0.2, -0.15) is 10.1 Å². The minimum atomic E-state index is -0.251. The first-order valence-electron chi connectivity index (χ1n) is 6.67. The summed E-state index contributed by atoms with van der Waals surface area (Å²) in [5, 5.41) is 5.28. The van der Waals surface area contributed by atoms with Gasteiger partial charge in [0, 0.05) is 0 Å². The third-order valence-electron chi connectivity index (χ3n) is 3.03. The summed E-state index contributed by atoms with van der Waals surface area (Å²) in [5.74, 6) is 1.06. The van der Waals surface area contributed by atoms with Crippen LogP contribution in [0.3, 0.4) is 0 Å². The van der Waals surface area contributed by atoms with Crippen molar-refractivity contribution in [3.8, 4) is 5.75 Å². The minimum Gasteiger partial charge on any atom is -0.497 e. The smallest absolute Gasteiger partial charge is 0.286 e. The van der Waals surface area contributed by atoms with Gasteiger partial charge in [0.25, 0.3) is 5.91 Å². The number of thiocarbonyl (C=S) groups is 1. The molecule has 7 heteroatoms. The number of rotatable bonds is 4. The number of furan rings is 1. The van der Waals surface area contributed by atoms with E-state index < -0.39 is 0 Å². The van der Waals surface area contributed by atoms with Gasteiger partial charge in [-0.25, -0.2) is 0 Å². The number of thioether (sulfide) groups is 1. The van der Waals surface area contributed by atoms with Gasteiger partial charge in [0.1, 0.15) is 11.5 Å². The van der Waals surface area contributed by atoms with Crippen molar-refractivity contribution in [2.75, 3.05) is 7.11 Å². The average Bonchev–Trinajstić information content (AvgIpc) is 3.16. The average molecular weight is 344 g/mol. The van der Waals surface area contributed by atoms with Crippen LogP contribution in [0.4, 0.5) is 0 Å². The number of hydrogen-bond donors (Lipinski definition) is 0. The molecule has 1 aromatic heterocycles. The molecule has 1 aliphatic rings. The maximum absolute atomic E-state index is 12.4. The van der Waals surface area contributed by atoms with Gasteiger partial charge in [-0.05, 0) is 48.1 Å². The Bertz CT molecular complexity index is 780. The third-order valence-corrected chi connectivity index (χ3v) is 4.31. The van der Waals surface area contributed by atoms with Crippen molar-refractivity contribution >= 4 is 46.5 Å². The first-order valence-corrected chi connectivity index (χ1v) is 7.89. The molecule has 5 nitrogen and oxygen atoms in total. The van der Waals surface area contributed by atoms with Crippen LogP contribution in [0.1, 0.15) is 11.3 Å². The normalized spacial score (nSPS) is 16.7. The van der Waals surface area contributed by atoms with Gasteiger partial charge in [-0.3, -0.25) is 4.79 Å². The second-order valence-corrected chi connectivity index (χ2v) is 6.20. The Hall–Kier alpha value is -2.38. The first kappa shape index (κ1) is 15.5. The van der Waals surface area contributed by atoms with E-state index in [-0.39, 0.29) is 5.91 Å². The fourth-order valence-electron chi connectivity index (χ4n) is 1.89. The summed E-state index contributed by atoms with van der Waals surface area (Å²) in [6.07, 6.45) is 4.78. The van der Waals surface area contributed by atoms with Gasteiger partial charge in [0.2, 0.25) is 0 Å². The Morgan fingerprint density at radius 2 is 2.09 bits per heavy atom. The zero-order valence-electron chi connectivity index (χ0n) is 12.1. The molecule has 1 amide bonds. The van der Waals surface area contributed by atoms with E-state index in [2.05, 4.69) is 5.10 Å². The maximum Gasteiger partial charge on any atom is 0.286 e. The highest BCUT2D eigenvalue weighted by Crippen LogP contribution is 2.32. The molecule has 1 aromatic carbocycles. The highest BCUT2D eigenvalue weighted by molar-refractivity contribution is 8.26. The van der Waals surface area contributed by atoms with Crippen molar-refractivity contribution in [1.82, 2.24) is 5.01 Å². The number of hydrogen-bond acceptors (Lipinski definition) is 6. The molecule has 23 heavy (non-hydrogen) atoms. The van der Waals surface area contributed by atoms with E-state index >= 15 is 0 Å². The van der Waals surface area contributed by atoms with Crippen LogP contribution in [0.5, 0.6) is 5.75 Å². The lowest BCUT2D eigenvalue weighted by Crippen LogP contribution is -2.22. The molecular weight excluding hydrogens is 332 g/mol. The van der Waals surface area contributed by atoms with Crippen LogP contribution in [0, 0.1) is 0 Å². The quantitative estimate of drug-likeness (QED) is 0.482. The summed E-state index contributed by atoms with van der Waals surface area (Å²) >= 11 is 6.43. The zero-order chi connectivity index (χ0) is 16.2. The summed E-state index contributed by atoms with van der Waals surface area (Å²) in [4.78, 5) is 12.9. The fourth-order valence-corrected chi connectivity index (χ4v) is 3.06. The van der Waals surface area contributed by atoms with Gasteiger partial charge in [0.05, 0.1) is 24.5 Å². The van der Waals surface area contributed by atoms with Crippen molar-refractivity contribution in [1.29, 1.82) is 0 Å². The summed E-state index contributed by atoms with van der Waals surface area (Å²) in [7, 11) is 1.61. The lowest BCUT2D eigenvalue weighted by atomic mass is 10.2. The first-order chi connectivity index (χ1) is 11.2. The topological polar surface area (TPSA) is 55.0 Å². The molecule has 2 aromatic rings. The largest absolute Gasteiger partial charge is 0.497 e. The minimum absolute atomic E-state index is 0.251. The molecule has 116 valence electrons. The molecular formula is C16H12N2O3S2. The number of ether oxygens (including phenoxy) is 1. The molecule has 0 spiro atoms. The number of carbonyl (C=O) groups is 1. The summed E-state index contributed by atoms with van der Waals surface area (Å²) in [6, 6.07) is 10.9. The second kappa shape index (κ2) is 6.80. The molecule has 1 aliphatic heterocycles. The lowest BCUT2D eigenvalue weighted by Gasteiger charge is -2.05. The molecule has 0 saturated carbocycles. The number of benzene rings is 1. The number of hydrazone groups is 1. The Morgan fingerprint density at radius 1 is 1.30 bits per heavy atom. The monoisotopic (exact) mass is 344 g/mol. The van der Waals surface area contributed by atoms with Crippen LogP contribution in [0.15, 0.2) is 57.1 Å². The van der Waals surface area contributed by atoms with E-state index in [1.54, 1.807) is 25.3 Å². The van der Waals surface area contributed by atoms with Crippen LogP contribution < -0.4 is 4.74 Å². The molecule has 0 atom stereocenters. The number of carbonyl (C=O) groups excluding carboxylic acids is 1. The Balaban J connectivity index is 1.78. The summed E-state index contributed by atoms with van der Waals surface area (Å²) in [6.45, 7) is 0. The van der Waals surface area contributed by atoms with Crippen LogP contribution in [0.25, 0.3) is 6.08 Å². The Kier molecular flexibility index (Phi) is 4.59. The Labute approximate surface area is 142 Å². The van der Waals surface area contributed by atoms with E-state index in [4.69, 9.17) is 21.4 Å². The molecule has 0 radical (unpaired) electrons.